The Morgan fingerprint density at radius 2 is 1.96 bits per heavy atom. The summed E-state index contributed by atoms with van der Waals surface area (Å²) in [6, 6.07) is 11.9. The van der Waals surface area contributed by atoms with Crippen molar-refractivity contribution in [2.45, 2.75) is 20.0 Å². The summed E-state index contributed by atoms with van der Waals surface area (Å²) >= 11 is 6.05. The van der Waals surface area contributed by atoms with Gasteiger partial charge in [-0.3, -0.25) is 9.79 Å². The molecular formula is C20H28ClN5O. The lowest BCUT2D eigenvalue weighted by atomic mass is 10.2. The van der Waals surface area contributed by atoms with E-state index in [-0.39, 0.29) is 12.5 Å². The highest BCUT2D eigenvalue weighted by atomic mass is 35.5. The van der Waals surface area contributed by atoms with Gasteiger partial charge in [-0.2, -0.15) is 0 Å². The zero-order valence-electron chi connectivity index (χ0n) is 16.4. The highest BCUT2D eigenvalue weighted by Crippen LogP contribution is 2.14. The zero-order chi connectivity index (χ0) is 19.8. The Morgan fingerprint density at radius 1 is 1.26 bits per heavy atom. The fraction of sp³-hybridized carbons (Fsp3) is 0.400. The Morgan fingerprint density at radius 3 is 2.52 bits per heavy atom. The number of hydrogen-bond acceptors (Lipinski definition) is 2. The molecule has 0 aliphatic rings. The zero-order valence-corrected chi connectivity index (χ0v) is 17.2. The molecule has 0 aliphatic carbocycles. The number of likely N-dealkylation sites (N-methyl/N-ethyl adjacent to an activating group) is 1. The topological polar surface area (TPSA) is 52.9 Å². The van der Waals surface area contributed by atoms with Crippen molar-refractivity contribution >= 4 is 23.5 Å². The Labute approximate surface area is 166 Å². The molecule has 2 aromatic rings. The molecule has 2 rings (SSSR count). The van der Waals surface area contributed by atoms with Crippen molar-refractivity contribution in [1.29, 1.82) is 0 Å². The summed E-state index contributed by atoms with van der Waals surface area (Å²) in [5.74, 6) is 0.703. The Bertz CT molecular complexity index is 772. The van der Waals surface area contributed by atoms with E-state index in [0.717, 1.165) is 11.3 Å². The molecule has 7 heteroatoms. The van der Waals surface area contributed by atoms with Crippen molar-refractivity contribution in [2.24, 2.45) is 12.0 Å². The number of guanidine groups is 1. The number of halogens is 1. The highest BCUT2D eigenvalue weighted by Gasteiger charge is 2.15. The van der Waals surface area contributed by atoms with Crippen LogP contribution in [0.25, 0.3) is 0 Å². The standard InChI is InChI=1S/C20H28ClN5O/c1-5-26(13-16-9-7-6-8-10-16)19(27)12-23-20(22-2)25(4)15-18-11-17(21)14-24(18)3/h6-11,14H,5,12-13,15H2,1-4H3,(H,22,23). The van der Waals surface area contributed by atoms with Crippen LogP contribution in [0.2, 0.25) is 5.02 Å². The van der Waals surface area contributed by atoms with Crippen molar-refractivity contribution in [1.82, 2.24) is 19.7 Å². The van der Waals surface area contributed by atoms with Gasteiger partial charge in [0.05, 0.1) is 18.1 Å². The van der Waals surface area contributed by atoms with Crippen LogP contribution < -0.4 is 5.32 Å². The number of carbonyl (C=O) groups is 1. The van der Waals surface area contributed by atoms with Crippen LogP contribution in [0.5, 0.6) is 0 Å². The number of nitrogens with zero attached hydrogens (tertiary/aromatic N) is 4. The van der Waals surface area contributed by atoms with Gasteiger partial charge in [-0.1, -0.05) is 41.9 Å². The molecule has 1 heterocycles. The Kier molecular flexibility index (Phi) is 7.73. The van der Waals surface area contributed by atoms with Gasteiger partial charge < -0.3 is 19.7 Å². The van der Waals surface area contributed by atoms with Crippen LogP contribution in [0.15, 0.2) is 47.6 Å². The van der Waals surface area contributed by atoms with Crippen LogP contribution in [0.3, 0.4) is 0 Å². The summed E-state index contributed by atoms with van der Waals surface area (Å²) in [5, 5.41) is 3.87. The van der Waals surface area contributed by atoms with E-state index in [9.17, 15) is 4.79 Å². The van der Waals surface area contributed by atoms with E-state index in [0.29, 0.717) is 30.6 Å². The van der Waals surface area contributed by atoms with Crippen molar-refractivity contribution in [3.05, 3.63) is 58.9 Å². The second-order valence-electron chi connectivity index (χ2n) is 6.41. The number of hydrogen-bond donors (Lipinski definition) is 1. The third kappa shape index (κ3) is 6.03. The maximum absolute atomic E-state index is 12.6. The monoisotopic (exact) mass is 389 g/mol. The first kappa shape index (κ1) is 20.8. The van der Waals surface area contributed by atoms with Gasteiger partial charge in [-0.25, -0.2) is 0 Å². The summed E-state index contributed by atoms with van der Waals surface area (Å²) < 4.78 is 1.98. The van der Waals surface area contributed by atoms with Crippen molar-refractivity contribution < 1.29 is 4.79 Å². The second kappa shape index (κ2) is 10.0. The van der Waals surface area contributed by atoms with E-state index < -0.39 is 0 Å². The van der Waals surface area contributed by atoms with Gasteiger partial charge in [-0.15, -0.1) is 0 Å². The average Bonchev–Trinajstić information content (AvgIpc) is 2.97. The molecule has 0 bridgehead atoms. The van der Waals surface area contributed by atoms with Crippen molar-refractivity contribution in [3.63, 3.8) is 0 Å². The number of amides is 1. The maximum atomic E-state index is 12.6. The molecule has 0 saturated carbocycles. The molecule has 27 heavy (non-hydrogen) atoms. The van der Waals surface area contributed by atoms with E-state index in [2.05, 4.69) is 10.3 Å². The molecule has 1 aromatic heterocycles. The number of nitrogens with one attached hydrogen (secondary N) is 1. The Hall–Kier alpha value is -2.47. The quantitative estimate of drug-likeness (QED) is 0.585. The molecule has 0 saturated heterocycles. The number of aromatic nitrogens is 1. The minimum Gasteiger partial charge on any atom is -0.351 e. The van der Waals surface area contributed by atoms with Crippen LogP contribution in [-0.4, -0.2) is 53.4 Å². The van der Waals surface area contributed by atoms with E-state index in [4.69, 9.17) is 11.6 Å². The molecular weight excluding hydrogens is 362 g/mol. The van der Waals surface area contributed by atoms with Gasteiger partial charge in [-0.05, 0) is 18.6 Å². The fourth-order valence-corrected chi connectivity index (χ4v) is 3.14. The first-order chi connectivity index (χ1) is 12.9. The molecule has 0 aliphatic heterocycles. The number of benzene rings is 1. The summed E-state index contributed by atoms with van der Waals surface area (Å²) in [4.78, 5) is 20.7. The molecule has 1 N–H and O–H groups in total. The van der Waals surface area contributed by atoms with Gasteiger partial charge in [0.1, 0.15) is 0 Å². The molecule has 6 nitrogen and oxygen atoms in total. The summed E-state index contributed by atoms with van der Waals surface area (Å²) in [5.41, 5.74) is 2.19. The lowest BCUT2D eigenvalue weighted by Crippen LogP contribution is -2.45. The van der Waals surface area contributed by atoms with Crippen LogP contribution >= 0.6 is 11.6 Å². The first-order valence-electron chi connectivity index (χ1n) is 8.98. The van der Waals surface area contributed by atoms with E-state index >= 15 is 0 Å². The van der Waals surface area contributed by atoms with E-state index in [1.807, 2.05) is 78.0 Å². The maximum Gasteiger partial charge on any atom is 0.242 e. The molecule has 0 spiro atoms. The smallest absolute Gasteiger partial charge is 0.242 e. The highest BCUT2D eigenvalue weighted by molar-refractivity contribution is 6.30. The third-order valence-corrected chi connectivity index (χ3v) is 4.60. The second-order valence-corrected chi connectivity index (χ2v) is 6.85. The van der Waals surface area contributed by atoms with Gasteiger partial charge in [0.2, 0.25) is 5.91 Å². The fourth-order valence-electron chi connectivity index (χ4n) is 2.87. The lowest BCUT2D eigenvalue weighted by Gasteiger charge is -2.25. The number of rotatable bonds is 7. The molecule has 0 fully saturated rings. The summed E-state index contributed by atoms with van der Waals surface area (Å²) in [7, 11) is 5.60. The van der Waals surface area contributed by atoms with E-state index in [1.165, 1.54) is 0 Å². The molecule has 0 radical (unpaired) electrons. The van der Waals surface area contributed by atoms with Gasteiger partial charge in [0, 0.05) is 46.1 Å². The third-order valence-electron chi connectivity index (χ3n) is 4.40. The average molecular weight is 390 g/mol. The van der Waals surface area contributed by atoms with Crippen LogP contribution in [0.1, 0.15) is 18.2 Å². The molecule has 1 aromatic carbocycles. The van der Waals surface area contributed by atoms with Crippen LogP contribution in [0, 0.1) is 0 Å². The van der Waals surface area contributed by atoms with Gasteiger partial charge >= 0.3 is 0 Å². The first-order valence-corrected chi connectivity index (χ1v) is 9.36. The Balaban J connectivity index is 1.91. The largest absolute Gasteiger partial charge is 0.351 e. The van der Waals surface area contributed by atoms with Crippen LogP contribution in [0.4, 0.5) is 0 Å². The SMILES string of the molecule is CCN(Cc1ccccc1)C(=O)CNC(=NC)N(C)Cc1cc(Cl)cn1C. The minimum atomic E-state index is 0.0396. The van der Waals surface area contributed by atoms with Gasteiger partial charge in [0.15, 0.2) is 5.96 Å². The van der Waals surface area contributed by atoms with Crippen LogP contribution in [-0.2, 0) is 24.9 Å². The molecule has 1 amide bonds. The number of aryl methyl sites for hydroxylation is 1. The molecule has 0 unspecified atom stereocenters. The van der Waals surface area contributed by atoms with Gasteiger partial charge in [0.25, 0.3) is 0 Å². The molecule has 0 atom stereocenters. The summed E-state index contributed by atoms with van der Waals surface area (Å²) in [6.07, 6.45) is 1.87. The number of carbonyl (C=O) groups excluding carboxylic acids is 1. The number of aliphatic imine (C=N–C) groups is 1. The van der Waals surface area contributed by atoms with E-state index in [1.54, 1.807) is 7.05 Å². The van der Waals surface area contributed by atoms with Crippen molar-refractivity contribution in [2.75, 3.05) is 27.2 Å². The summed E-state index contributed by atoms with van der Waals surface area (Å²) in [6.45, 7) is 4.09. The predicted octanol–water partition coefficient (Wildman–Crippen LogP) is 2.73. The lowest BCUT2D eigenvalue weighted by molar-refractivity contribution is -0.130. The normalized spacial score (nSPS) is 11.4. The minimum absolute atomic E-state index is 0.0396. The molecule has 146 valence electrons. The predicted molar refractivity (Wildman–Crippen MR) is 111 cm³/mol. The van der Waals surface area contributed by atoms with Crippen molar-refractivity contribution in [3.8, 4) is 0 Å².